The van der Waals surface area contributed by atoms with Crippen molar-refractivity contribution in [2.45, 2.75) is 26.2 Å². The third-order valence-electron chi connectivity index (χ3n) is 5.66. The first-order valence-corrected chi connectivity index (χ1v) is 12.0. The summed E-state index contributed by atoms with van der Waals surface area (Å²) in [4.78, 5) is 3.58. The fourth-order valence-electron chi connectivity index (χ4n) is 3.63. The zero-order valence-corrected chi connectivity index (χ0v) is 21.9. The molecular formula is C29H25F7N2O3. The Labute approximate surface area is 231 Å². The van der Waals surface area contributed by atoms with Gasteiger partial charge in [0.1, 0.15) is 17.4 Å². The first-order valence-electron chi connectivity index (χ1n) is 12.0. The summed E-state index contributed by atoms with van der Waals surface area (Å²) in [5, 5.41) is 7.11. The minimum Gasteiger partial charge on any atom is -0.429 e. The van der Waals surface area contributed by atoms with E-state index in [1.54, 1.807) is 0 Å². The Morgan fingerprint density at radius 2 is 1.59 bits per heavy atom. The molecule has 0 aliphatic carbocycles. The molecule has 1 aliphatic heterocycles. The van der Waals surface area contributed by atoms with Crippen molar-refractivity contribution in [2.24, 2.45) is 10.9 Å². The second kappa shape index (κ2) is 13.6. The third-order valence-corrected chi connectivity index (χ3v) is 5.66. The van der Waals surface area contributed by atoms with Crippen LogP contribution in [0.4, 0.5) is 30.7 Å². The van der Waals surface area contributed by atoms with Gasteiger partial charge in [-0.2, -0.15) is 8.78 Å². The molecule has 0 unspecified atom stereocenters. The van der Waals surface area contributed by atoms with E-state index < -0.39 is 52.8 Å². The van der Waals surface area contributed by atoms with E-state index in [0.717, 1.165) is 24.3 Å². The second-order valence-electron chi connectivity index (χ2n) is 9.06. The van der Waals surface area contributed by atoms with Crippen LogP contribution in [0.25, 0.3) is 11.1 Å². The summed E-state index contributed by atoms with van der Waals surface area (Å²) in [5.41, 5.74) is -0.717. The van der Waals surface area contributed by atoms with E-state index in [9.17, 15) is 30.7 Å². The van der Waals surface area contributed by atoms with Crippen LogP contribution in [0.5, 0.6) is 5.75 Å². The van der Waals surface area contributed by atoms with Gasteiger partial charge in [-0.3, -0.25) is 4.99 Å². The smallest absolute Gasteiger partial charge is 0.429 e. The minimum atomic E-state index is -4.10. The molecule has 41 heavy (non-hydrogen) atoms. The molecule has 0 radical (unpaired) electrons. The Bertz CT molecular complexity index is 1410. The molecule has 0 aromatic heterocycles. The molecule has 12 heteroatoms. The lowest BCUT2D eigenvalue weighted by Gasteiger charge is -2.27. The summed E-state index contributed by atoms with van der Waals surface area (Å²) in [7, 11) is 0. The molecule has 1 heterocycles. The topological polar surface area (TPSA) is 63.9 Å². The highest BCUT2D eigenvalue weighted by Crippen LogP contribution is 2.35. The fourth-order valence-corrected chi connectivity index (χ4v) is 3.63. The van der Waals surface area contributed by atoms with Crippen LogP contribution in [-0.2, 0) is 15.6 Å². The number of aliphatic imine (C=N–C) groups is 1. The highest BCUT2D eigenvalue weighted by Gasteiger charge is 2.37. The number of nitrogens with one attached hydrogen (secondary N) is 1. The monoisotopic (exact) mass is 582 g/mol. The summed E-state index contributed by atoms with van der Waals surface area (Å²) in [6.07, 6.45) is -1.89. The van der Waals surface area contributed by atoms with Gasteiger partial charge < -0.3 is 19.6 Å². The maximum Gasteiger partial charge on any atom is 0.429 e. The van der Waals surface area contributed by atoms with E-state index in [0.29, 0.717) is 48.5 Å². The minimum absolute atomic E-state index is 0.336. The van der Waals surface area contributed by atoms with Gasteiger partial charge in [0.15, 0.2) is 23.7 Å². The van der Waals surface area contributed by atoms with Crippen LogP contribution in [0.15, 0.2) is 65.3 Å². The quantitative estimate of drug-likeness (QED) is 0.176. The van der Waals surface area contributed by atoms with E-state index in [2.05, 4.69) is 23.4 Å². The molecular weight excluding hydrogens is 557 g/mol. The SMILES string of the molecule is C=N/C=C(\C=N)C1OCC(C)CO1.Cc1ccc(C(F)(F)Oc2ccc(-c3cc(F)c(F)c(F)c3)c(F)c2)c(F)c1. The molecule has 0 bridgehead atoms. The van der Waals surface area contributed by atoms with Crippen molar-refractivity contribution in [3.8, 4) is 16.9 Å². The molecule has 218 valence electrons. The van der Waals surface area contributed by atoms with Gasteiger partial charge in [-0.15, -0.1) is 0 Å². The van der Waals surface area contributed by atoms with Crippen LogP contribution >= 0.6 is 0 Å². The lowest BCUT2D eigenvalue weighted by molar-refractivity contribution is -0.187. The number of alkyl halides is 2. The van der Waals surface area contributed by atoms with Crippen molar-refractivity contribution in [3.63, 3.8) is 0 Å². The van der Waals surface area contributed by atoms with E-state index in [1.807, 2.05) is 0 Å². The predicted molar refractivity (Wildman–Crippen MR) is 139 cm³/mol. The molecule has 0 saturated carbocycles. The third kappa shape index (κ3) is 8.01. The van der Waals surface area contributed by atoms with Crippen molar-refractivity contribution in [1.82, 2.24) is 0 Å². The number of aryl methyl sites for hydroxylation is 1. The summed E-state index contributed by atoms with van der Waals surface area (Å²) in [6, 6.07) is 6.52. The maximum atomic E-state index is 14.3. The Morgan fingerprint density at radius 3 is 2.12 bits per heavy atom. The van der Waals surface area contributed by atoms with E-state index >= 15 is 0 Å². The average Bonchev–Trinajstić information content (AvgIpc) is 2.90. The van der Waals surface area contributed by atoms with Crippen molar-refractivity contribution in [1.29, 1.82) is 5.41 Å². The van der Waals surface area contributed by atoms with E-state index in [4.69, 9.17) is 14.9 Å². The van der Waals surface area contributed by atoms with Crippen LogP contribution in [0.3, 0.4) is 0 Å². The summed E-state index contributed by atoms with van der Waals surface area (Å²) < 4.78 is 111. The largest absolute Gasteiger partial charge is 0.429 e. The van der Waals surface area contributed by atoms with Gasteiger partial charge in [0.25, 0.3) is 0 Å². The number of rotatable bonds is 7. The highest BCUT2D eigenvalue weighted by molar-refractivity contribution is 5.76. The molecule has 0 spiro atoms. The van der Waals surface area contributed by atoms with Crippen LogP contribution < -0.4 is 4.74 Å². The molecule has 1 saturated heterocycles. The zero-order valence-electron chi connectivity index (χ0n) is 21.9. The molecule has 4 rings (SSSR count). The molecule has 3 aromatic carbocycles. The van der Waals surface area contributed by atoms with Gasteiger partial charge in [0, 0.05) is 35.5 Å². The Balaban J connectivity index is 0.000000298. The van der Waals surface area contributed by atoms with Crippen molar-refractivity contribution < 1.29 is 44.9 Å². The maximum absolute atomic E-state index is 14.3. The van der Waals surface area contributed by atoms with Gasteiger partial charge >= 0.3 is 6.11 Å². The zero-order chi connectivity index (χ0) is 30.3. The first-order chi connectivity index (χ1) is 19.4. The lowest BCUT2D eigenvalue weighted by Crippen LogP contribution is -2.32. The molecule has 5 nitrogen and oxygen atoms in total. The molecule has 1 aliphatic rings. The van der Waals surface area contributed by atoms with Gasteiger partial charge in [-0.1, -0.05) is 13.0 Å². The number of benzene rings is 3. The summed E-state index contributed by atoms with van der Waals surface area (Å²) in [6.45, 7) is 8.20. The van der Waals surface area contributed by atoms with Crippen LogP contribution in [-0.4, -0.2) is 32.4 Å². The lowest BCUT2D eigenvalue weighted by atomic mass is 10.0. The van der Waals surface area contributed by atoms with Crippen LogP contribution in [0, 0.1) is 47.3 Å². The number of nitrogens with zero attached hydrogens (tertiary/aromatic N) is 1. The Hall–Kier alpha value is -4.03. The predicted octanol–water partition coefficient (Wildman–Crippen LogP) is 7.72. The number of ether oxygens (including phenoxy) is 3. The second-order valence-corrected chi connectivity index (χ2v) is 9.06. The average molecular weight is 583 g/mol. The summed E-state index contributed by atoms with van der Waals surface area (Å²) >= 11 is 0. The number of halogens is 7. The Morgan fingerprint density at radius 1 is 0.951 bits per heavy atom. The van der Waals surface area contributed by atoms with Gasteiger partial charge in [0.2, 0.25) is 0 Å². The Kier molecular flexibility index (Phi) is 10.4. The van der Waals surface area contributed by atoms with Crippen molar-refractivity contribution in [2.75, 3.05) is 13.2 Å². The van der Waals surface area contributed by atoms with Crippen molar-refractivity contribution in [3.05, 3.63) is 101 Å². The van der Waals surface area contributed by atoms with E-state index in [1.165, 1.54) is 25.4 Å². The number of hydrogen-bond acceptors (Lipinski definition) is 5. The molecule has 1 N–H and O–H groups in total. The molecule has 3 aromatic rings. The highest BCUT2D eigenvalue weighted by atomic mass is 19.3. The van der Waals surface area contributed by atoms with Crippen LogP contribution in [0.2, 0.25) is 0 Å². The van der Waals surface area contributed by atoms with Gasteiger partial charge in [0.05, 0.1) is 18.8 Å². The van der Waals surface area contributed by atoms with E-state index in [-0.39, 0.29) is 11.1 Å². The molecule has 0 amide bonds. The fraction of sp³-hybridized carbons (Fsp3) is 0.241. The molecule has 0 atom stereocenters. The normalized spacial score (nSPS) is 17.3. The first kappa shape index (κ1) is 31.5. The molecule has 1 fully saturated rings. The van der Waals surface area contributed by atoms with Crippen molar-refractivity contribution >= 4 is 12.9 Å². The number of hydrogen-bond donors (Lipinski definition) is 1. The van der Waals surface area contributed by atoms with Gasteiger partial charge in [-0.05, 0) is 61.2 Å². The standard InChI is InChI=1S/C20H11F7O.C9H14N2O2/c1-10-2-5-14(16(22)6-10)20(26,27)28-12-3-4-13(15(21)9-12)11-7-17(23)19(25)18(24)8-11;1-7-5-12-9(13-6-7)8(3-10)4-11-2/h2-9H,1H3;3-4,7,9-10H,2,5-6H2,1H3/b;8-4+,10-3?. The summed E-state index contributed by atoms with van der Waals surface area (Å²) in [5.74, 6) is -7.35. The van der Waals surface area contributed by atoms with Crippen LogP contribution in [0.1, 0.15) is 18.1 Å². The van der Waals surface area contributed by atoms with Gasteiger partial charge in [-0.25, -0.2) is 22.0 Å².